The number of alkyl halides is 1. The third kappa shape index (κ3) is 5.26. The molecule has 0 aromatic heterocycles. The van der Waals surface area contributed by atoms with Gasteiger partial charge in [0.15, 0.2) is 0 Å². The molecule has 0 saturated heterocycles. The Bertz CT molecular complexity index is 563. The van der Waals surface area contributed by atoms with Crippen LogP contribution in [0.2, 0.25) is 0 Å². The Kier molecular flexibility index (Phi) is 7.21. The summed E-state index contributed by atoms with van der Waals surface area (Å²) < 4.78 is 0. The van der Waals surface area contributed by atoms with E-state index in [0.717, 1.165) is 22.0 Å². The fraction of sp³-hybridized carbons (Fsp3) is 0.444. The Morgan fingerprint density at radius 1 is 1.00 bits per heavy atom. The first-order valence-electron chi connectivity index (χ1n) is 6.59. The molecule has 1 rings (SSSR count). The highest BCUT2D eigenvalue weighted by atomic mass is 79.9. The van der Waals surface area contributed by atoms with Gasteiger partial charge in [-0.1, -0.05) is 34.1 Å². The third-order valence-corrected chi connectivity index (χ3v) is 3.80. The molecule has 21 heavy (non-hydrogen) atoms. The molecule has 2 nitrogen and oxygen atoms in total. The van der Waals surface area contributed by atoms with E-state index in [1.54, 1.807) is 6.92 Å². The highest BCUT2D eigenvalue weighted by molar-refractivity contribution is 9.08. The zero-order valence-corrected chi connectivity index (χ0v) is 14.9. The predicted molar refractivity (Wildman–Crippen MR) is 90.9 cm³/mol. The van der Waals surface area contributed by atoms with Crippen molar-refractivity contribution >= 4 is 15.9 Å². The highest BCUT2D eigenvalue weighted by Gasteiger charge is 2.25. The van der Waals surface area contributed by atoms with Crippen LogP contribution >= 0.6 is 15.9 Å². The van der Waals surface area contributed by atoms with Crippen LogP contribution in [-0.4, -0.2) is 0 Å². The van der Waals surface area contributed by atoms with E-state index < -0.39 is 10.8 Å². The monoisotopic (exact) mass is 344 g/mol. The van der Waals surface area contributed by atoms with Gasteiger partial charge in [-0.25, -0.2) is 0 Å². The summed E-state index contributed by atoms with van der Waals surface area (Å²) in [6, 6.07) is 10.6. The molecule has 0 saturated carbocycles. The van der Waals surface area contributed by atoms with Crippen molar-refractivity contribution < 1.29 is 0 Å². The van der Waals surface area contributed by atoms with Crippen molar-refractivity contribution in [3.05, 3.63) is 34.9 Å². The number of terminal acetylenes is 1. The van der Waals surface area contributed by atoms with Crippen LogP contribution in [0.1, 0.15) is 51.3 Å². The average Bonchev–Trinajstić information content (AvgIpc) is 2.47. The number of nitrogens with zero attached hydrogens (tertiary/aromatic N) is 2. The first-order valence-corrected chi connectivity index (χ1v) is 7.71. The smallest absolute Gasteiger partial charge is 0.0766 e. The molecule has 0 aliphatic carbocycles. The average molecular weight is 345 g/mol. The van der Waals surface area contributed by atoms with Crippen LogP contribution in [0.4, 0.5) is 0 Å². The zero-order chi connectivity index (χ0) is 16.7. The second-order valence-electron chi connectivity index (χ2n) is 5.81. The van der Waals surface area contributed by atoms with Gasteiger partial charge in [-0.2, -0.15) is 10.5 Å². The maximum Gasteiger partial charge on any atom is 0.0766 e. The lowest BCUT2D eigenvalue weighted by molar-refractivity contribution is 0.660. The van der Waals surface area contributed by atoms with Crippen molar-refractivity contribution in [2.45, 2.75) is 50.8 Å². The van der Waals surface area contributed by atoms with E-state index in [1.807, 2.05) is 45.9 Å². The number of rotatable bonds is 3. The topological polar surface area (TPSA) is 47.6 Å². The second kappa shape index (κ2) is 7.87. The minimum atomic E-state index is -0.543. The van der Waals surface area contributed by atoms with E-state index in [1.165, 1.54) is 0 Å². The Labute approximate surface area is 136 Å². The maximum absolute atomic E-state index is 9.24. The standard InChI is InChI=1S/C15H17BrN2.C3H4/c1-14(2,9-17)12-5-11(8-16)6-13(7-12)15(3,4)10-18;1-3-2/h5-7H,8H2,1-4H3;1H,2H3. The molecule has 0 bridgehead atoms. The largest absolute Gasteiger partial charge is 0.197 e. The first-order chi connectivity index (χ1) is 9.68. The van der Waals surface area contributed by atoms with E-state index in [-0.39, 0.29) is 0 Å². The lowest BCUT2D eigenvalue weighted by Gasteiger charge is -2.22. The molecule has 0 unspecified atom stereocenters. The molecule has 0 aliphatic heterocycles. The number of hydrogen-bond acceptors (Lipinski definition) is 2. The lowest BCUT2D eigenvalue weighted by Crippen LogP contribution is -2.19. The van der Waals surface area contributed by atoms with E-state index in [0.29, 0.717) is 0 Å². The molecular weight excluding hydrogens is 324 g/mol. The van der Waals surface area contributed by atoms with Gasteiger partial charge in [0.1, 0.15) is 0 Å². The third-order valence-electron chi connectivity index (χ3n) is 3.15. The van der Waals surface area contributed by atoms with Crippen LogP contribution in [0.15, 0.2) is 18.2 Å². The molecule has 0 heterocycles. The van der Waals surface area contributed by atoms with Crippen molar-refractivity contribution in [3.63, 3.8) is 0 Å². The maximum atomic E-state index is 9.24. The van der Waals surface area contributed by atoms with Crippen molar-refractivity contribution in [2.75, 3.05) is 0 Å². The molecule has 1 aromatic carbocycles. The van der Waals surface area contributed by atoms with Crippen molar-refractivity contribution in [1.82, 2.24) is 0 Å². The van der Waals surface area contributed by atoms with E-state index >= 15 is 0 Å². The van der Waals surface area contributed by atoms with Gasteiger partial charge in [0, 0.05) is 5.33 Å². The molecule has 0 aliphatic rings. The molecule has 1 aromatic rings. The fourth-order valence-electron chi connectivity index (χ4n) is 1.62. The first kappa shape index (κ1) is 19.2. The van der Waals surface area contributed by atoms with Gasteiger partial charge >= 0.3 is 0 Å². The minimum Gasteiger partial charge on any atom is -0.197 e. The predicted octanol–water partition coefficient (Wildman–Crippen LogP) is 4.82. The summed E-state index contributed by atoms with van der Waals surface area (Å²) in [5, 5.41) is 19.2. The number of halogens is 1. The van der Waals surface area contributed by atoms with Crippen molar-refractivity contribution in [3.8, 4) is 24.5 Å². The molecular formula is C18H21BrN2. The van der Waals surface area contributed by atoms with Gasteiger partial charge in [-0.3, -0.25) is 0 Å². The van der Waals surface area contributed by atoms with Gasteiger partial charge in [-0.15, -0.1) is 12.3 Å². The highest BCUT2D eigenvalue weighted by Crippen LogP contribution is 2.30. The van der Waals surface area contributed by atoms with Crippen molar-refractivity contribution in [2.24, 2.45) is 0 Å². The summed E-state index contributed by atoms with van der Waals surface area (Å²) >= 11 is 3.44. The van der Waals surface area contributed by atoms with Gasteiger partial charge in [0.25, 0.3) is 0 Å². The Morgan fingerprint density at radius 3 is 1.57 bits per heavy atom. The molecule has 3 heteroatoms. The van der Waals surface area contributed by atoms with Crippen molar-refractivity contribution in [1.29, 1.82) is 10.5 Å². The normalized spacial score (nSPS) is 10.4. The van der Waals surface area contributed by atoms with Gasteiger partial charge in [0.2, 0.25) is 0 Å². The molecule has 0 radical (unpaired) electrons. The second-order valence-corrected chi connectivity index (χ2v) is 6.38. The summed E-state index contributed by atoms with van der Waals surface area (Å²) in [6.07, 6.45) is 4.60. The molecule has 110 valence electrons. The molecule has 0 spiro atoms. The molecule has 0 fully saturated rings. The Hall–Kier alpha value is -1.76. The Morgan fingerprint density at radius 2 is 1.33 bits per heavy atom. The van der Waals surface area contributed by atoms with E-state index in [9.17, 15) is 10.5 Å². The summed E-state index contributed by atoms with van der Waals surface area (Å²) in [5.74, 6) is 2.25. The molecule has 0 atom stereocenters. The lowest BCUT2D eigenvalue weighted by atomic mass is 9.79. The van der Waals surface area contributed by atoms with Crippen LogP contribution in [0, 0.1) is 35.0 Å². The van der Waals surface area contributed by atoms with Crippen LogP contribution in [0.3, 0.4) is 0 Å². The van der Waals surface area contributed by atoms with Crippen LogP contribution in [-0.2, 0) is 16.2 Å². The summed E-state index contributed by atoms with van der Waals surface area (Å²) in [5.41, 5.74) is 1.92. The van der Waals surface area contributed by atoms with E-state index in [2.05, 4.69) is 40.4 Å². The van der Waals surface area contributed by atoms with Crippen LogP contribution < -0.4 is 0 Å². The van der Waals surface area contributed by atoms with Gasteiger partial charge in [0.05, 0.1) is 23.0 Å². The quantitative estimate of drug-likeness (QED) is 0.582. The molecule has 0 amide bonds. The number of hydrogen-bond donors (Lipinski definition) is 0. The van der Waals surface area contributed by atoms with Gasteiger partial charge < -0.3 is 0 Å². The van der Waals surface area contributed by atoms with Gasteiger partial charge in [-0.05, 0) is 51.3 Å². The summed E-state index contributed by atoms with van der Waals surface area (Å²) in [4.78, 5) is 0. The zero-order valence-electron chi connectivity index (χ0n) is 13.3. The Balaban J connectivity index is 0.00000122. The number of nitriles is 2. The van der Waals surface area contributed by atoms with E-state index in [4.69, 9.17) is 0 Å². The number of benzene rings is 1. The van der Waals surface area contributed by atoms with Crippen LogP contribution in [0.25, 0.3) is 0 Å². The van der Waals surface area contributed by atoms with Crippen LogP contribution in [0.5, 0.6) is 0 Å². The SMILES string of the molecule is C#CC.CC(C)(C#N)c1cc(CBr)cc(C(C)(C)C#N)c1. The molecule has 0 N–H and O–H groups in total. The minimum absolute atomic E-state index is 0.543. The fourth-order valence-corrected chi connectivity index (χ4v) is 1.94. The summed E-state index contributed by atoms with van der Waals surface area (Å²) in [7, 11) is 0. The summed E-state index contributed by atoms with van der Waals surface area (Å²) in [6.45, 7) is 9.22.